The van der Waals surface area contributed by atoms with Gasteiger partial charge in [-0.05, 0) is 32.2 Å². The van der Waals surface area contributed by atoms with Crippen molar-refractivity contribution >= 4 is 17.4 Å². The van der Waals surface area contributed by atoms with Crippen LogP contribution in [0.1, 0.15) is 35.3 Å². The average Bonchev–Trinajstić information content (AvgIpc) is 2.80. The van der Waals surface area contributed by atoms with Gasteiger partial charge in [-0.25, -0.2) is 14.4 Å². The number of likely N-dealkylation sites (N-methyl/N-ethyl adjacent to an activating group) is 1. The summed E-state index contributed by atoms with van der Waals surface area (Å²) in [6.07, 6.45) is -3.46. The first-order valence-corrected chi connectivity index (χ1v) is 11.1. The number of nitrogens with one attached hydrogen (secondary N) is 1. The summed E-state index contributed by atoms with van der Waals surface area (Å²) < 4.78 is 54.4. The standard InChI is InChI=1S/C25H23F4N5O/c1-15(17-9-6-10-19(20(17)26)25(27,28)29)32-22-18-11-34(16-7-4-3-5-8-16)23(35)24(12-33(2)13-24)21(18)30-14-31-22/h3-10,14-15H,11-13H2,1-2H3,(H,30,31,32)/t15-/m1/s1. The van der Waals surface area contributed by atoms with Gasteiger partial charge in [-0.3, -0.25) is 4.79 Å². The molecule has 5 rings (SSSR count). The van der Waals surface area contributed by atoms with Crippen LogP contribution in [0.3, 0.4) is 0 Å². The Morgan fingerprint density at radius 1 is 1.06 bits per heavy atom. The number of halogens is 4. The number of carbonyl (C=O) groups is 1. The third-order valence-electron chi connectivity index (χ3n) is 6.67. The number of hydrogen-bond acceptors (Lipinski definition) is 5. The number of hydrogen-bond donors (Lipinski definition) is 1. The number of carbonyl (C=O) groups excluding carboxylic acids is 1. The molecule has 1 saturated heterocycles. The number of likely N-dealkylation sites (tertiary alicyclic amines) is 1. The lowest BCUT2D eigenvalue weighted by Gasteiger charge is -2.51. The molecule has 35 heavy (non-hydrogen) atoms. The summed E-state index contributed by atoms with van der Waals surface area (Å²) >= 11 is 0. The lowest BCUT2D eigenvalue weighted by atomic mass is 9.71. The lowest BCUT2D eigenvalue weighted by Crippen LogP contribution is -2.68. The van der Waals surface area contributed by atoms with Crippen LogP contribution in [0, 0.1) is 5.82 Å². The van der Waals surface area contributed by atoms with Gasteiger partial charge in [-0.2, -0.15) is 13.2 Å². The highest BCUT2D eigenvalue weighted by Gasteiger charge is 2.56. The zero-order valence-electron chi connectivity index (χ0n) is 19.1. The Balaban J connectivity index is 1.55. The number of aromatic nitrogens is 2. The normalized spacial score (nSPS) is 18.2. The largest absolute Gasteiger partial charge is 0.419 e. The van der Waals surface area contributed by atoms with Crippen LogP contribution < -0.4 is 10.2 Å². The molecule has 0 radical (unpaired) electrons. The molecule has 6 nitrogen and oxygen atoms in total. The van der Waals surface area contributed by atoms with Crippen LogP contribution in [0.5, 0.6) is 0 Å². The van der Waals surface area contributed by atoms with Crippen molar-refractivity contribution in [2.24, 2.45) is 0 Å². The second-order valence-electron chi connectivity index (χ2n) is 9.10. The Hall–Kier alpha value is -3.53. The topological polar surface area (TPSA) is 61.4 Å². The van der Waals surface area contributed by atoms with Gasteiger partial charge in [0.2, 0.25) is 5.91 Å². The van der Waals surface area contributed by atoms with Gasteiger partial charge < -0.3 is 15.1 Å². The van der Waals surface area contributed by atoms with Crippen LogP contribution in [0.15, 0.2) is 54.9 Å². The molecule has 1 atom stereocenters. The minimum Gasteiger partial charge on any atom is -0.363 e. The summed E-state index contributed by atoms with van der Waals surface area (Å²) in [6.45, 7) is 2.72. The fraction of sp³-hybridized carbons (Fsp3) is 0.320. The van der Waals surface area contributed by atoms with Crippen molar-refractivity contribution in [2.45, 2.75) is 31.1 Å². The van der Waals surface area contributed by atoms with Crippen molar-refractivity contribution in [2.75, 3.05) is 30.4 Å². The van der Waals surface area contributed by atoms with Crippen LogP contribution in [0.4, 0.5) is 29.1 Å². The van der Waals surface area contributed by atoms with Gasteiger partial charge >= 0.3 is 6.18 Å². The van der Waals surface area contributed by atoms with Crippen LogP contribution in [0.2, 0.25) is 0 Å². The van der Waals surface area contributed by atoms with Crippen LogP contribution in [-0.4, -0.2) is 40.9 Å². The summed E-state index contributed by atoms with van der Waals surface area (Å²) in [5.74, 6) is -1.02. The van der Waals surface area contributed by atoms with Gasteiger partial charge in [0.15, 0.2) is 0 Å². The highest BCUT2D eigenvalue weighted by Crippen LogP contribution is 2.44. The molecule has 0 bridgehead atoms. The molecule has 10 heteroatoms. The number of benzene rings is 2. The molecule has 0 saturated carbocycles. The van der Waals surface area contributed by atoms with E-state index in [1.807, 2.05) is 42.3 Å². The first-order valence-electron chi connectivity index (χ1n) is 11.1. The maximum atomic E-state index is 14.8. The highest BCUT2D eigenvalue weighted by molar-refractivity contribution is 6.04. The number of amides is 1. The molecule has 3 heterocycles. The van der Waals surface area contributed by atoms with Crippen molar-refractivity contribution in [3.8, 4) is 0 Å². The van der Waals surface area contributed by atoms with E-state index in [0.29, 0.717) is 30.2 Å². The van der Waals surface area contributed by atoms with E-state index in [1.54, 1.807) is 11.8 Å². The van der Waals surface area contributed by atoms with Gasteiger partial charge in [0.25, 0.3) is 0 Å². The third kappa shape index (κ3) is 3.81. The van der Waals surface area contributed by atoms with Crippen molar-refractivity contribution in [1.82, 2.24) is 14.9 Å². The molecular formula is C25H23F4N5O. The highest BCUT2D eigenvalue weighted by atomic mass is 19.4. The Morgan fingerprint density at radius 3 is 2.43 bits per heavy atom. The number of rotatable bonds is 4. The monoisotopic (exact) mass is 485 g/mol. The van der Waals surface area contributed by atoms with Gasteiger partial charge in [-0.1, -0.05) is 30.3 Å². The van der Waals surface area contributed by atoms with Crippen molar-refractivity contribution in [3.05, 3.63) is 83.1 Å². The molecule has 1 spiro atoms. The van der Waals surface area contributed by atoms with E-state index in [2.05, 4.69) is 15.3 Å². The molecule has 0 unspecified atom stereocenters. The van der Waals surface area contributed by atoms with E-state index >= 15 is 0 Å². The third-order valence-corrected chi connectivity index (χ3v) is 6.67. The van der Waals surface area contributed by atoms with Crippen molar-refractivity contribution in [1.29, 1.82) is 0 Å². The zero-order chi connectivity index (χ0) is 25.0. The van der Waals surface area contributed by atoms with Gasteiger partial charge in [0.1, 0.15) is 23.4 Å². The number of nitrogens with zero attached hydrogens (tertiary/aromatic N) is 4. The number of alkyl halides is 3. The van der Waals surface area contributed by atoms with E-state index in [0.717, 1.165) is 11.8 Å². The van der Waals surface area contributed by atoms with Crippen LogP contribution in [-0.2, 0) is 22.9 Å². The zero-order valence-corrected chi connectivity index (χ0v) is 19.1. The van der Waals surface area contributed by atoms with E-state index in [1.165, 1.54) is 18.5 Å². The average molecular weight is 485 g/mol. The Labute approximate surface area is 199 Å². The van der Waals surface area contributed by atoms with Crippen LogP contribution >= 0.6 is 0 Å². The Kier molecular flexibility index (Phi) is 5.51. The predicted molar refractivity (Wildman–Crippen MR) is 122 cm³/mol. The first kappa shape index (κ1) is 23.2. The van der Waals surface area contributed by atoms with E-state index in [4.69, 9.17) is 0 Å². The molecule has 0 aliphatic carbocycles. The molecule has 1 aromatic heterocycles. The first-order chi connectivity index (χ1) is 16.6. The van der Waals surface area contributed by atoms with Gasteiger partial charge in [0, 0.05) is 29.9 Å². The van der Waals surface area contributed by atoms with Crippen molar-refractivity contribution < 1.29 is 22.4 Å². The van der Waals surface area contributed by atoms with Gasteiger partial charge in [0.05, 0.1) is 23.8 Å². The molecular weight excluding hydrogens is 462 g/mol. The maximum absolute atomic E-state index is 14.8. The summed E-state index contributed by atoms with van der Waals surface area (Å²) in [5.41, 5.74) is -0.292. The molecule has 2 aliphatic heterocycles. The molecule has 2 aromatic carbocycles. The molecule has 2 aliphatic rings. The number of anilines is 2. The summed E-state index contributed by atoms with van der Waals surface area (Å²) in [5, 5.41) is 3.08. The molecule has 1 N–H and O–H groups in total. The smallest absolute Gasteiger partial charge is 0.363 e. The quantitative estimate of drug-likeness (QED) is 0.550. The van der Waals surface area contributed by atoms with E-state index in [-0.39, 0.29) is 18.0 Å². The van der Waals surface area contributed by atoms with Crippen LogP contribution in [0.25, 0.3) is 0 Å². The molecule has 1 fully saturated rings. The van der Waals surface area contributed by atoms with E-state index in [9.17, 15) is 22.4 Å². The van der Waals surface area contributed by atoms with E-state index < -0.39 is 29.0 Å². The second-order valence-corrected chi connectivity index (χ2v) is 9.10. The molecule has 1 amide bonds. The SMILES string of the molecule is C[C@@H](Nc1ncnc2c1CN(c1ccccc1)C(=O)C21CN(C)C1)c1cccc(C(F)(F)F)c1F. The molecule has 182 valence electrons. The fourth-order valence-electron chi connectivity index (χ4n) is 5.05. The number of para-hydroxylation sites is 1. The Bertz CT molecular complexity index is 1270. The van der Waals surface area contributed by atoms with Crippen molar-refractivity contribution in [3.63, 3.8) is 0 Å². The summed E-state index contributed by atoms with van der Waals surface area (Å²) in [4.78, 5) is 26.1. The minimum atomic E-state index is -4.80. The maximum Gasteiger partial charge on any atom is 0.419 e. The molecule has 3 aromatic rings. The Morgan fingerprint density at radius 2 is 1.77 bits per heavy atom. The predicted octanol–water partition coefficient (Wildman–Crippen LogP) is 4.54. The van der Waals surface area contributed by atoms with Gasteiger partial charge in [-0.15, -0.1) is 0 Å². The summed E-state index contributed by atoms with van der Waals surface area (Å²) in [6, 6.07) is 11.6. The minimum absolute atomic E-state index is 0.0593. The summed E-state index contributed by atoms with van der Waals surface area (Å²) in [7, 11) is 1.92. The second kappa shape index (κ2) is 8.30. The number of fused-ring (bicyclic) bond motifs is 2. The fourth-order valence-corrected chi connectivity index (χ4v) is 5.05. The lowest BCUT2D eigenvalue weighted by molar-refractivity contribution is -0.140.